The highest BCUT2D eigenvalue weighted by Crippen LogP contribution is 2.29. The van der Waals surface area contributed by atoms with Crippen LogP contribution >= 0.6 is 11.6 Å². The number of fused-ring (bicyclic) bond motifs is 1. The Balaban J connectivity index is 1.57. The van der Waals surface area contributed by atoms with Gasteiger partial charge in [-0.1, -0.05) is 41.9 Å². The summed E-state index contributed by atoms with van der Waals surface area (Å²) in [5, 5.41) is 9.41. The van der Waals surface area contributed by atoms with Gasteiger partial charge in [0.15, 0.2) is 0 Å². The number of para-hydroxylation sites is 1. The minimum absolute atomic E-state index is 0.0973. The van der Waals surface area contributed by atoms with Gasteiger partial charge < -0.3 is 8.98 Å². The monoisotopic (exact) mass is 429 g/mol. The fourth-order valence-electron chi connectivity index (χ4n) is 3.62. The van der Waals surface area contributed by atoms with Gasteiger partial charge in [0.2, 0.25) is 5.82 Å². The van der Waals surface area contributed by atoms with Gasteiger partial charge in [0, 0.05) is 40.6 Å². The van der Waals surface area contributed by atoms with Gasteiger partial charge in [-0.2, -0.15) is 0 Å². The Morgan fingerprint density at radius 2 is 1.74 bits per heavy atom. The standard InChI is InChI=1S/C23H16ClN5O2/c1-14-19(20(30)22-27-28-23(31-22)21-25-11-4-12-26-21)17-5-2-3-6-18(17)29(14)13-15-7-9-16(24)10-8-15/h2-12H,13H2,1H3. The molecule has 2 aromatic carbocycles. The molecule has 0 aliphatic heterocycles. The first-order chi connectivity index (χ1) is 15.1. The number of halogens is 1. The Morgan fingerprint density at radius 3 is 2.52 bits per heavy atom. The fraction of sp³-hybridized carbons (Fsp3) is 0.0870. The van der Waals surface area contributed by atoms with Crippen molar-refractivity contribution in [1.29, 1.82) is 0 Å². The highest BCUT2D eigenvalue weighted by Gasteiger charge is 2.26. The molecule has 31 heavy (non-hydrogen) atoms. The lowest BCUT2D eigenvalue weighted by Gasteiger charge is -2.09. The van der Waals surface area contributed by atoms with Crippen molar-refractivity contribution in [3.8, 4) is 11.7 Å². The van der Waals surface area contributed by atoms with Crippen LogP contribution in [0.15, 0.2) is 71.4 Å². The van der Waals surface area contributed by atoms with Gasteiger partial charge in [-0.3, -0.25) is 4.79 Å². The highest BCUT2D eigenvalue weighted by molar-refractivity contribution is 6.30. The molecule has 7 nitrogen and oxygen atoms in total. The van der Waals surface area contributed by atoms with Crippen LogP contribution in [0.2, 0.25) is 5.02 Å². The highest BCUT2D eigenvalue weighted by atomic mass is 35.5. The summed E-state index contributed by atoms with van der Waals surface area (Å²) in [6.45, 7) is 2.52. The molecule has 5 aromatic rings. The Hall–Kier alpha value is -3.84. The van der Waals surface area contributed by atoms with Crippen LogP contribution < -0.4 is 0 Å². The van der Waals surface area contributed by atoms with Crippen molar-refractivity contribution < 1.29 is 9.21 Å². The van der Waals surface area contributed by atoms with Gasteiger partial charge in [0.25, 0.3) is 17.6 Å². The van der Waals surface area contributed by atoms with E-state index in [1.807, 2.05) is 55.5 Å². The summed E-state index contributed by atoms with van der Waals surface area (Å²) in [5.74, 6) is -0.0550. The van der Waals surface area contributed by atoms with Crippen molar-refractivity contribution in [3.05, 3.63) is 94.7 Å². The molecule has 0 spiro atoms. The van der Waals surface area contributed by atoms with E-state index >= 15 is 0 Å². The van der Waals surface area contributed by atoms with Crippen LogP contribution in [0.1, 0.15) is 27.5 Å². The zero-order valence-electron chi connectivity index (χ0n) is 16.5. The number of benzene rings is 2. The molecule has 0 saturated heterocycles. The summed E-state index contributed by atoms with van der Waals surface area (Å²) < 4.78 is 7.71. The summed E-state index contributed by atoms with van der Waals surface area (Å²) in [6, 6.07) is 17.1. The van der Waals surface area contributed by atoms with Gasteiger partial charge in [-0.05, 0) is 36.8 Å². The maximum absolute atomic E-state index is 13.4. The molecular formula is C23H16ClN5O2. The van der Waals surface area contributed by atoms with Crippen molar-refractivity contribution in [1.82, 2.24) is 24.7 Å². The smallest absolute Gasteiger partial charge is 0.289 e. The van der Waals surface area contributed by atoms with E-state index in [1.54, 1.807) is 18.5 Å². The Morgan fingerprint density at radius 1 is 1.00 bits per heavy atom. The summed E-state index contributed by atoms with van der Waals surface area (Å²) in [5.41, 5.74) is 3.38. The SMILES string of the molecule is Cc1c(C(=O)c2nnc(-c3ncccn3)o2)c2ccccc2n1Cc1ccc(Cl)cc1. The second-order valence-electron chi connectivity index (χ2n) is 7.00. The molecule has 0 fully saturated rings. The molecule has 0 aliphatic rings. The number of rotatable bonds is 5. The first-order valence-corrected chi connectivity index (χ1v) is 9.97. The number of aromatic nitrogens is 5. The van der Waals surface area contributed by atoms with Crippen LogP contribution in [-0.4, -0.2) is 30.5 Å². The fourth-order valence-corrected chi connectivity index (χ4v) is 3.74. The van der Waals surface area contributed by atoms with Crippen molar-refractivity contribution in [3.63, 3.8) is 0 Å². The van der Waals surface area contributed by atoms with E-state index in [0.29, 0.717) is 17.1 Å². The molecule has 0 amide bonds. The quantitative estimate of drug-likeness (QED) is 0.375. The lowest BCUT2D eigenvalue weighted by atomic mass is 10.1. The normalized spacial score (nSPS) is 11.2. The van der Waals surface area contributed by atoms with E-state index in [2.05, 4.69) is 24.7 Å². The van der Waals surface area contributed by atoms with Crippen molar-refractivity contribution in [2.45, 2.75) is 13.5 Å². The average Bonchev–Trinajstić information content (AvgIpc) is 3.40. The molecule has 0 bridgehead atoms. The van der Waals surface area contributed by atoms with Gasteiger partial charge in [-0.15, -0.1) is 10.2 Å². The molecule has 0 atom stereocenters. The molecular weight excluding hydrogens is 414 g/mol. The number of ketones is 1. The predicted octanol–water partition coefficient (Wildman–Crippen LogP) is 4.72. The summed E-state index contributed by atoms with van der Waals surface area (Å²) >= 11 is 6.02. The average molecular weight is 430 g/mol. The van der Waals surface area contributed by atoms with Crippen molar-refractivity contribution in [2.75, 3.05) is 0 Å². The molecule has 8 heteroatoms. The van der Waals surface area contributed by atoms with Crippen LogP contribution in [0.4, 0.5) is 0 Å². The van der Waals surface area contributed by atoms with Crippen molar-refractivity contribution >= 4 is 28.3 Å². The number of hydrogen-bond acceptors (Lipinski definition) is 6. The largest absolute Gasteiger partial charge is 0.410 e. The third-order valence-corrected chi connectivity index (χ3v) is 5.34. The van der Waals surface area contributed by atoms with Crippen LogP contribution in [0, 0.1) is 6.92 Å². The van der Waals surface area contributed by atoms with Gasteiger partial charge in [-0.25, -0.2) is 9.97 Å². The molecule has 0 unspecified atom stereocenters. The zero-order chi connectivity index (χ0) is 21.4. The van der Waals surface area contributed by atoms with Gasteiger partial charge in [0.05, 0.1) is 5.56 Å². The molecule has 3 aromatic heterocycles. The maximum atomic E-state index is 13.4. The lowest BCUT2D eigenvalue weighted by molar-refractivity contribution is 0.100. The Bertz CT molecular complexity index is 1390. The van der Waals surface area contributed by atoms with Crippen LogP contribution in [0.5, 0.6) is 0 Å². The van der Waals surface area contributed by atoms with Gasteiger partial charge >= 0.3 is 0 Å². The summed E-state index contributed by atoms with van der Waals surface area (Å²) in [6.07, 6.45) is 3.14. The third kappa shape index (κ3) is 3.49. The minimum atomic E-state index is -0.335. The van der Waals surface area contributed by atoms with Crippen LogP contribution in [0.3, 0.4) is 0 Å². The zero-order valence-corrected chi connectivity index (χ0v) is 17.2. The Kier molecular flexibility index (Phi) is 4.80. The van der Waals surface area contributed by atoms with E-state index in [4.69, 9.17) is 16.0 Å². The third-order valence-electron chi connectivity index (χ3n) is 5.09. The molecule has 5 rings (SSSR count). The second-order valence-corrected chi connectivity index (χ2v) is 7.44. The van der Waals surface area contributed by atoms with Crippen LogP contribution in [0.25, 0.3) is 22.6 Å². The number of carbonyl (C=O) groups is 1. The summed E-state index contributed by atoms with van der Waals surface area (Å²) in [4.78, 5) is 21.5. The number of nitrogens with zero attached hydrogens (tertiary/aromatic N) is 5. The number of carbonyl (C=O) groups excluding carboxylic acids is 1. The van der Waals surface area contributed by atoms with E-state index in [1.165, 1.54) is 0 Å². The summed E-state index contributed by atoms with van der Waals surface area (Å²) in [7, 11) is 0. The first-order valence-electron chi connectivity index (χ1n) is 9.59. The van der Waals surface area contributed by atoms with Crippen molar-refractivity contribution in [2.24, 2.45) is 0 Å². The molecule has 3 heterocycles. The van der Waals surface area contributed by atoms with E-state index < -0.39 is 0 Å². The van der Waals surface area contributed by atoms with E-state index in [9.17, 15) is 4.79 Å². The van der Waals surface area contributed by atoms with E-state index in [0.717, 1.165) is 22.2 Å². The second kappa shape index (κ2) is 7.77. The van der Waals surface area contributed by atoms with Crippen LogP contribution in [-0.2, 0) is 6.54 Å². The maximum Gasteiger partial charge on any atom is 0.289 e. The minimum Gasteiger partial charge on any atom is -0.410 e. The van der Waals surface area contributed by atoms with E-state index in [-0.39, 0.29) is 23.4 Å². The first kappa shape index (κ1) is 19.1. The molecule has 0 saturated carbocycles. The van der Waals surface area contributed by atoms with Gasteiger partial charge in [0.1, 0.15) is 0 Å². The Labute approximate surface area is 182 Å². The predicted molar refractivity (Wildman–Crippen MR) is 116 cm³/mol. The molecule has 152 valence electrons. The number of hydrogen-bond donors (Lipinski definition) is 0. The lowest BCUT2D eigenvalue weighted by Crippen LogP contribution is -2.06. The molecule has 0 aliphatic carbocycles. The topological polar surface area (TPSA) is 86.7 Å². The molecule has 0 N–H and O–H groups in total. The molecule has 0 radical (unpaired) electrons.